The molecule has 0 aliphatic heterocycles. The first-order valence-electron chi connectivity index (χ1n) is 2.25. The zero-order valence-electron chi connectivity index (χ0n) is 3.77. The summed E-state index contributed by atoms with van der Waals surface area (Å²) in [6.45, 7) is 0. The molecule has 2 heteroatoms. The van der Waals surface area contributed by atoms with Crippen LogP contribution in [0.5, 0.6) is 0 Å². The summed E-state index contributed by atoms with van der Waals surface area (Å²) in [7, 11) is 0. The van der Waals surface area contributed by atoms with E-state index in [1.807, 2.05) is 0 Å². The standard InChI is InChI=1S/C5H6F2/c6-4-1-2-5(7)3-4/h1-2,4-5H,3H2/t4-,5-/m0/s1. The lowest BCUT2D eigenvalue weighted by Crippen LogP contribution is -1.94. The Labute approximate surface area is 40.8 Å². The fraction of sp³-hybridized carbons (Fsp3) is 0.600. The van der Waals surface area contributed by atoms with Gasteiger partial charge < -0.3 is 0 Å². The predicted molar refractivity (Wildman–Crippen MR) is 23.5 cm³/mol. The molecule has 0 heterocycles. The summed E-state index contributed by atoms with van der Waals surface area (Å²) in [6.07, 6.45) is 0.472. The van der Waals surface area contributed by atoms with E-state index in [-0.39, 0.29) is 6.42 Å². The van der Waals surface area contributed by atoms with E-state index in [0.29, 0.717) is 0 Å². The Hall–Kier alpha value is -0.400. The summed E-state index contributed by atoms with van der Waals surface area (Å²) in [5.74, 6) is 0. The molecule has 7 heavy (non-hydrogen) atoms. The molecule has 0 amide bonds. The lowest BCUT2D eigenvalue weighted by molar-refractivity contribution is 0.311. The lowest BCUT2D eigenvalue weighted by Gasteiger charge is -1.91. The van der Waals surface area contributed by atoms with Gasteiger partial charge in [-0.3, -0.25) is 0 Å². The van der Waals surface area contributed by atoms with Gasteiger partial charge in [0.1, 0.15) is 12.3 Å². The molecule has 0 spiro atoms. The highest BCUT2D eigenvalue weighted by atomic mass is 19.1. The van der Waals surface area contributed by atoms with Crippen LogP contribution in [0, 0.1) is 0 Å². The smallest absolute Gasteiger partial charge is 0.121 e. The van der Waals surface area contributed by atoms with Gasteiger partial charge in [-0.05, 0) is 0 Å². The Morgan fingerprint density at radius 2 is 1.57 bits per heavy atom. The van der Waals surface area contributed by atoms with Crippen molar-refractivity contribution in [1.82, 2.24) is 0 Å². The van der Waals surface area contributed by atoms with E-state index in [1.165, 1.54) is 12.2 Å². The molecule has 0 aromatic rings. The molecule has 0 bridgehead atoms. The van der Waals surface area contributed by atoms with Crippen LogP contribution in [0.25, 0.3) is 0 Å². The van der Waals surface area contributed by atoms with Crippen molar-refractivity contribution in [3.63, 3.8) is 0 Å². The molecule has 0 N–H and O–H groups in total. The molecule has 40 valence electrons. The van der Waals surface area contributed by atoms with Gasteiger partial charge in [-0.25, -0.2) is 8.78 Å². The monoisotopic (exact) mass is 104 g/mol. The highest BCUT2D eigenvalue weighted by Crippen LogP contribution is 2.15. The van der Waals surface area contributed by atoms with Crippen molar-refractivity contribution >= 4 is 0 Å². The molecule has 2 atom stereocenters. The highest BCUT2D eigenvalue weighted by Gasteiger charge is 2.15. The number of alkyl halides is 2. The highest BCUT2D eigenvalue weighted by molar-refractivity contribution is 5.03. The van der Waals surface area contributed by atoms with Crippen LogP contribution in [0.15, 0.2) is 12.2 Å². The molecular formula is C5H6F2. The molecule has 0 aromatic heterocycles. The van der Waals surface area contributed by atoms with E-state index in [1.54, 1.807) is 0 Å². The minimum Gasteiger partial charge on any atom is -0.243 e. The topological polar surface area (TPSA) is 0 Å². The van der Waals surface area contributed by atoms with Crippen molar-refractivity contribution in [2.75, 3.05) is 0 Å². The second-order valence-corrected chi connectivity index (χ2v) is 1.65. The predicted octanol–water partition coefficient (Wildman–Crippen LogP) is 1.62. The van der Waals surface area contributed by atoms with Gasteiger partial charge in [0.15, 0.2) is 0 Å². The Morgan fingerprint density at radius 1 is 1.14 bits per heavy atom. The third kappa shape index (κ3) is 0.981. The van der Waals surface area contributed by atoms with Gasteiger partial charge >= 0.3 is 0 Å². The van der Waals surface area contributed by atoms with Crippen molar-refractivity contribution < 1.29 is 8.78 Å². The average Bonchev–Trinajstić information content (AvgIpc) is 1.87. The summed E-state index contributed by atoms with van der Waals surface area (Å²) < 4.78 is 23.7. The van der Waals surface area contributed by atoms with Crippen LogP contribution in [-0.4, -0.2) is 12.3 Å². The molecule has 0 saturated carbocycles. The van der Waals surface area contributed by atoms with Crippen LogP contribution >= 0.6 is 0 Å². The van der Waals surface area contributed by atoms with E-state index >= 15 is 0 Å². The fourth-order valence-electron chi connectivity index (χ4n) is 0.613. The molecule has 1 rings (SSSR count). The Morgan fingerprint density at radius 3 is 1.71 bits per heavy atom. The average molecular weight is 104 g/mol. The van der Waals surface area contributed by atoms with Gasteiger partial charge in [-0.1, -0.05) is 12.2 Å². The van der Waals surface area contributed by atoms with Gasteiger partial charge in [-0.15, -0.1) is 0 Å². The van der Waals surface area contributed by atoms with Crippen LogP contribution in [0.3, 0.4) is 0 Å². The fourth-order valence-corrected chi connectivity index (χ4v) is 0.613. The number of allylic oxidation sites excluding steroid dienone is 2. The molecule has 0 radical (unpaired) electrons. The molecule has 0 unspecified atom stereocenters. The van der Waals surface area contributed by atoms with Gasteiger partial charge in [0.2, 0.25) is 0 Å². The summed E-state index contributed by atoms with van der Waals surface area (Å²) in [5.41, 5.74) is 0. The quantitative estimate of drug-likeness (QED) is 0.410. The minimum absolute atomic E-state index is 0.0278. The van der Waals surface area contributed by atoms with Crippen molar-refractivity contribution in [3.8, 4) is 0 Å². The molecular weight excluding hydrogens is 98.1 g/mol. The SMILES string of the molecule is F[C@H]1C=C[C@H](F)C1. The van der Waals surface area contributed by atoms with E-state index in [2.05, 4.69) is 0 Å². The Bertz CT molecular complexity index is 78.1. The Balaban J connectivity index is 2.42. The third-order valence-corrected chi connectivity index (χ3v) is 0.979. The van der Waals surface area contributed by atoms with Crippen molar-refractivity contribution in [1.29, 1.82) is 0 Å². The zero-order valence-corrected chi connectivity index (χ0v) is 3.77. The molecule has 0 aromatic carbocycles. The first-order valence-corrected chi connectivity index (χ1v) is 2.25. The van der Waals surface area contributed by atoms with Crippen LogP contribution in [0.4, 0.5) is 8.78 Å². The van der Waals surface area contributed by atoms with Gasteiger partial charge in [-0.2, -0.15) is 0 Å². The largest absolute Gasteiger partial charge is 0.243 e. The van der Waals surface area contributed by atoms with E-state index in [0.717, 1.165) is 0 Å². The maximum Gasteiger partial charge on any atom is 0.121 e. The molecule has 0 fully saturated rings. The maximum atomic E-state index is 11.8. The summed E-state index contributed by atoms with van der Waals surface area (Å²) in [4.78, 5) is 0. The van der Waals surface area contributed by atoms with Crippen molar-refractivity contribution in [3.05, 3.63) is 12.2 Å². The van der Waals surface area contributed by atoms with Crippen LogP contribution in [-0.2, 0) is 0 Å². The minimum atomic E-state index is -1.03. The number of halogens is 2. The normalized spacial score (nSPS) is 39.7. The summed E-state index contributed by atoms with van der Waals surface area (Å²) in [6, 6.07) is 0. The third-order valence-electron chi connectivity index (χ3n) is 0.979. The lowest BCUT2D eigenvalue weighted by atomic mass is 10.3. The van der Waals surface area contributed by atoms with Gasteiger partial charge in [0, 0.05) is 6.42 Å². The first kappa shape index (κ1) is 4.75. The van der Waals surface area contributed by atoms with Crippen molar-refractivity contribution in [2.24, 2.45) is 0 Å². The summed E-state index contributed by atoms with van der Waals surface area (Å²) >= 11 is 0. The zero-order chi connectivity index (χ0) is 5.28. The molecule has 1 aliphatic carbocycles. The van der Waals surface area contributed by atoms with Crippen LogP contribution < -0.4 is 0 Å². The van der Waals surface area contributed by atoms with E-state index < -0.39 is 12.3 Å². The molecule has 0 saturated heterocycles. The second kappa shape index (κ2) is 1.60. The Kier molecular flexibility index (Phi) is 1.09. The van der Waals surface area contributed by atoms with E-state index in [9.17, 15) is 8.78 Å². The second-order valence-electron chi connectivity index (χ2n) is 1.65. The van der Waals surface area contributed by atoms with Crippen molar-refractivity contribution in [2.45, 2.75) is 18.8 Å². The van der Waals surface area contributed by atoms with Crippen LogP contribution in [0.2, 0.25) is 0 Å². The van der Waals surface area contributed by atoms with Gasteiger partial charge in [0.25, 0.3) is 0 Å². The van der Waals surface area contributed by atoms with E-state index in [4.69, 9.17) is 0 Å². The summed E-state index contributed by atoms with van der Waals surface area (Å²) in [5, 5.41) is 0. The molecule has 0 nitrogen and oxygen atoms in total. The molecule has 1 aliphatic rings. The maximum absolute atomic E-state index is 11.8. The number of hydrogen-bond donors (Lipinski definition) is 0. The number of rotatable bonds is 0. The first-order chi connectivity index (χ1) is 3.29. The van der Waals surface area contributed by atoms with Gasteiger partial charge in [0.05, 0.1) is 0 Å². The number of hydrogen-bond acceptors (Lipinski definition) is 0. The van der Waals surface area contributed by atoms with Crippen LogP contribution in [0.1, 0.15) is 6.42 Å².